The van der Waals surface area contributed by atoms with Crippen LogP contribution in [0.3, 0.4) is 0 Å². The lowest BCUT2D eigenvalue weighted by molar-refractivity contribution is -0.122. The van der Waals surface area contributed by atoms with E-state index in [0.717, 1.165) is 45.9 Å². The van der Waals surface area contributed by atoms with Crippen LogP contribution in [0.5, 0.6) is 11.5 Å². The van der Waals surface area contributed by atoms with Crippen molar-refractivity contribution in [1.29, 1.82) is 0 Å². The molecule has 0 saturated heterocycles. The fourth-order valence-corrected chi connectivity index (χ4v) is 5.18. The second kappa shape index (κ2) is 10.0. The lowest BCUT2D eigenvalue weighted by atomic mass is 9.84. The molecule has 1 N–H and O–H groups in total. The van der Waals surface area contributed by atoms with Gasteiger partial charge >= 0.3 is 0 Å². The van der Waals surface area contributed by atoms with Crippen molar-refractivity contribution in [3.05, 3.63) is 126 Å². The maximum Gasteiger partial charge on any atom is 0.250 e. The van der Waals surface area contributed by atoms with E-state index in [4.69, 9.17) is 9.72 Å². The Hall–Kier alpha value is -4.64. The Bertz CT molecular complexity index is 1600. The van der Waals surface area contributed by atoms with Gasteiger partial charge in [-0.15, -0.1) is 0 Å². The number of benzene rings is 2. The zero-order valence-electron chi connectivity index (χ0n) is 21.5. The smallest absolute Gasteiger partial charge is 0.250 e. The number of aromatic nitrogens is 2. The number of pyridine rings is 1. The number of nitrogens with one attached hydrogen (secondary N) is 1. The van der Waals surface area contributed by atoms with Gasteiger partial charge in [0.05, 0.1) is 5.69 Å². The summed E-state index contributed by atoms with van der Waals surface area (Å²) >= 11 is 0. The molecule has 1 atom stereocenters. The molecule has 1 aliphatic heterocycles. The van der Waals surface area contributed by atoms with Crippen LogP contribution in [-0.4, -0.2) is 27.8 Å². The molecule has 0 saturated carbocycles. The van der Waals surface area contributed by atoms with Crippen LogP contribution in [0.15, 0.2) is 97.5 Å². The highest BCUT2D eigenvalue weighted by Gasteiger charge is 2.22. The zero-order chi connectivity index (χ0) is 26.1. The maximum atomic E-state index is 12.9. The Labute approximate surface area is 224 Å². The van der Waals surface area contributed by atoms with Crippen LogP contribution in [-0.2, 0) is 11.2 Å². The molecule has 0 bridgehead atoms. The van der Waals surface area contributed by atoms with Crippen LogP contribution in [0, 0.1) is 5.92 Å². The normalized spacial score (nSPS) is 17.2. The summed E-state index contributed by atoms with van der Waals surface area (Å²) in [7, 11) is 1.79. The Morgan fingerprint density at radius 3 is 2.66 bits per heavy atom. The third kappa shape index (κ3) is 4.83. The summed E-state index contributed by atoms with van der Waals surface area (Å²) in [5.41, 5.74) is 8.75. The van der Waals surface area contributed by atoms with Crippen LogP contribution in [0.4, 0.5) is 0 Å². The number of para-hydroxylation sites is 1. The molecule has 2 aromatic carbocycles. The Balaban J connectivity index is 0.00000308. The van der Waals surface area contributed by atoms with E-state index < -0.39 is 0 Å². The third-order valence-corrected chi connectivity index (χ3v) is 7.20. The van der Waals surface area contributed by atoms with Crippen molar-refractivity contribution < 1.29 is 11.0 Å². The first-order valence-electron chi connectivity index (χ1n) is 12.9. The van der Waals surface area contributed by atoms with Gasteiger partial charge in [-0.2, -0.15) is 0 Å². The second-order valence-corrected chi connectivity index (χ2v) is 9.94. The van der Waals surface area contributed by atoms with E-state index in [1.165, 1.54) is 16.8 Å². The number of hydrogen-bond acceptors (Lipinski definition) is 3. The fourth-order valence-electron chi connectivity index (χ4n) is 5.18. The highest BCUT2D eigenvalue weighted by Crippen LogP contribution is 2.37. The number of amides is 1. The number of ether oxygens (including phenoxy) is 1. The topological polar surface area (TPSA) is 58.2 Å². The third-order valence-electron chi connectivity index (χ3n) is 7.20. The summed E-state index contributed by atoms with van der Waals surface area (Å²) in [5.74, 6) is 1.83. The molecule has 0 radical (unpaired) electrons. The van der Waals surface area contributed by atoms with Gasteiger partial charge < -0.3 is 14.6 Å². The molecule has 5 heteroatoms. The minimum absolute atomic E-state index is 0. The molecule has 3 heterocycles. The minimum Gasteiger partial charge on any atom is -0.457 e. The van der Waals surface area contributed by atoms with Crippen molar-refractivity contribution in [3.8, 4) is 11.5 Å². The molecule has 2 aromatic heterocycles. The number of allylic oxidation sites excluding steroid dienone is 3. The van der Waals surface area contributed by atoms with Crippen molar-refractivity contribution in [2.24, 2.45) is 5.92 Å². The molecule has 5 nitrogen and oxygen atoms in total. The number of rotatable bonds is 5. The first-order valence-corrected chi connectivity index (χ1v) is 12.9. The average Bonchev–Trinajstić information content (AvgIpc) is 3.33. The van der Waals surface area contributed by atoms with Crippen LogP contribution < -0.4 is 4.74 Å². The van der Waals surface area contributed by atoms with E-state index >= 15 is 0 Å². The van der Waals surface area contributed by atoms with Crippen molar-refractivity contribution >= 4 is 28.7 Å². The van der Waals surface area contributed by atoms with E-state index in [-0.39, 0.29) is 7.33 Å². The molecule has 1 aliphatic carbocycles. The summed E-state index contributed by atoms with van der Waals surface area (Å²) in [6.45, 7) is 2.26. The summed E-state index contributed by atoms with van der Waals surface area (Å²) in [4.78, 5) is 22.7. The van der Waals surface area contributed by atoms with Gasteiger partial charge in [-0.05, 0) is 94.3 Å². The number of aromatic amines is 1. The Kier molecular flexibility index (Phi) is 6.26. The molecule has 6 rings (SSSR count). The number of fused-ring (bicyclic) bond motifs is 1. The average molecular weight is 502 g/mol. The molecule has 190 valence electrons. The van der Waals surface area contributed by atoms with Crippen molar-refractivity contribution in [2.45, 2.75) is 19.8 Å². The monoisotopic (exact) mass is 501 g/mol. The Morgan fingerprint density at radius 2 is 1.79 bits per heavy atom. The lowest BCUT2D eigenvalue weighted by Gasteiger charge is -2.22. The standard InChI is InChI=1S/C33H29N3O2.H2/c1-22-15-31-25(12-14-34-31)18-30(22)24-11-13-35-32(19-24)27-16-26(20-33(37)36(2)21-27)23-7-6-10-29(17-23)38-28-8-4-3-5-9-28;/h3-14,17-22,34H,15-16H2,1-2H3;1H. The molecule has 1 unspecified atom stereocenters. The summed E-state index contributed by atoms with van der Waals surface area (Å²) in [6, 6.07) is 24.0. The predicted molar refractivity (Wildman–Crippen MR) is 154 cm³/mol. The minimum atomic E-state index is -0.0656. The number of carbonyl (C=O) groups excluding carboxylic acids is 1. The molecule has 0 spiro atoms. The molecular weight excluding hydrogens is 470 g/mol. The molecular formula is C33H31N3O2. The number of likely N-dealkylation sites (N-methyl/N-ethyl adjacent to an activating group) is 1. The predicted octanol–water partition coefficient (Wildman–Crippen LogP) is 7.47. The Morgan fingerprint density at radius 1 is 0.947 bits per heavy atom. The zero-order valence-corrected chi connectivity index (χ0v) is 21.5. The van der Waals surface area contributed by atoms with Gasteiger partial charge in [0.15, 0.2) is 0 Å². The molecule has 1 amide bonds. The van der Waals surface area contributed by atoms with Crippen LogP contribution in [0.25, 0.3) is 22.8 Å². The maximum absolute atomic E-state index is 12.9. The highest BCUT2D eigenvalue weighted by atomic mass is 16.5. The number of hydrogen-bond donors (Lipinski definition) is 1. The van der Waals surface area contributed by atoms with E-state index in [1.54, 1.807) is 18.0 Å². The first-order chi connectivity index (χ1) is 18.5. The van der Waals surface area contributed by atoms with Gasteiger partial charge in [-0.25, -0.2) is 0 Å². The van der Waals surface area contributed by atoms with Crippen LogP contribution >= 0.6 is 0 Å². The lowest BCUT2D eigenvalue weighted by Crippen LogP contribution is -2.17. The van der Waals surface area contributed by atoms with Gasteiger partial charge in [-0.1, -0.05) is 37.3 Å². The number of H-pyrrole nitrogens is 1. The summed E-state index contributed by atoms with van der Waals surface area (Å²) < 4.78 is 6.05. The largest absolute Gasteiger partial charge is 0.457 e. The van der Waals surface area contributed by atoms with Crippen LogP contribution in [0.1, 0.15) is 42.8 Å². The van der Waals surface area contributed by atoms with Crippen molar-refractivity contribution in [1.82, 2.24) is 14.9 Å². The number of nitrogens with zero attached hydrogens (tertiary/aromatic N) is 2. The van der Waals surface area contributed by atoms with Crippen LogP contribution in [0.2, 0.25) is 0 Å². The summed E-state index contributed by atoms with van der Waals surface area (Å²) in [6.07, 6.45) is 11.3. The van der Waals surface area contributed by atoms with E-state index in [2.05, 4.69) is 36.2 Å². The van der Waals surface area contributed by atoms with E-state index in [0.29, 0.717) is 12.3 Å². The quantitative estimate of drug-likeness (QED) is 0.309. The second-order valence-electron chi connectivity index (χ2n) is 9.94. The molecule has 0 fully saturated rings. The summed E-state index contributed by atoms with van der Waals surface area (Å²) in [5, 5.41) is 0. The van der Waals surface area contributed by atoms with Gasteiger partial charge in [0.2, 0.25) is 0 Å². The van der Waals surface area contributed by atoms with Gasteiger partial charge in [0, 0.05) is 45.3 Å². The fraction of sp³-hybridized carbons (Fsp3) is 0.152. The highest BCUT2D eigenvalue weighted by molar-refractivity contribution is 6.00. The first kappa shape index (κ1) is 23.7. The van der Waals surface area contributed by atoms with Crippen molar-refractivity contribution in [2.75, 3.05) is 7.05 Å². The van der Waals surface area contributed by atoms with E-state index in [9.17, 15) is 4.79 Å². The molecule has 2 aliphatic rings. The van der Waals surface area contributed by atoms with Gasteiger partial charge in [0.25, 0.3) is 5.91 Å². The van der Waals surface area contributed by atoms with Crippen molar-refractivity contribution in [3.63, 3.8) is 0 Å². The molecule has 38 heavy (non-hydrogen) atoms. The SMILES string of the molecule is CC1Cc2[nH]ccc2C=C1c1ccnc(C2=CN(C)C(=O)C=C(c3cccc(Oc4ccccc4)c3)C2)c1.[HH]. The van der Waals surface area contributed by atoms with Gasteiger partial charge in [-0.3, -0.25) is 9.78 Å². The number of carbonyl (C=O) groups is 1. The van der Waals surface area contributed by atoms with Gasteiger partial charge in [0.1, 0.15) is 11.5 Å². The molecule has 4 aromatic rings. The van der Waals surface area contributed by atoms with E-state index in [1.807, 2.05) is 73.2 Å².